The van der Waals surface area contributed by atoms with Crippen molar-refractivity contribution in [2.24, 2.45) is 0 Å². The summed E-state index contributed by atoms with van der Waals surface area (Å²) in [6, 6.07) is 7.78. The largest absolute Gasteiger partial charge is 0.416 e. The van der Waals surface area contributed by atoms with Gasteiger partial charge in [0.1, 0.15) is 0 Å². The van der Waals surface area contributed by atoms with E-state index in [0.29, 0.717) is 10.0 Å². The number of carbonyl (C=O) groups excluding carboxylic acids is 1. The first-order valence-corrected chi connectivity index (χ1v) is 7.42. The smallest absolute Gasteiger partial charge is 0.325 e. The molecule has 2 rings (SSSR count). The number of thioether (sulfide) groups is 1. The van der Waals surface area contributed by atoms with Crippen LogP contribution in [0.2, 0.25) is 5.02 Å². The molecule has 116 valence electrons. The highest BCUT2D eigenvalue weighted by molar-refractivity contribution is 7.99. The molecule has 1 N–H and O–H groups in total. The lowest BCUT2D eigenvalue weighted by Gasteiger charge is -2.09. The maximum atomic E-state index is 12.6. The summed E-state index contributed by atoms with van der Waals surface area (Å²) >= 11 is 6.85. The summed E-state index contributed by atoms with van der Waals surface area (Å²) in [5.74, 6) is -0.383. The Labute approximate surface area is 133 Å². The fourth-order valence-corrected chi connectivity index (χ4v) is 2.31. The third kappa shape index (κ3) is 4.92. The molecule has 3 nitrogen and oxygen atoms in total. The Morgan fingerprint density at radius 3 is 2.68 bits per heavy atom. The topological polar surface area (TPSA) is 42.0 Å². The zero-order valence-corrected chi connectivity index (χ0v) is 12.6. The number of rotatable bonds is 4. The van der Waals surface area contributed by atoms with Crippen LogP contribution in [0.5, 0.6) is 0 Å². The van der Waals surface area contributed by atoms with Crippen molar-refractivity contribution in [3.8, 4) is 0 Å². The minimum atomic E-state index is -4.44. The minimum Gasteiger partial charge on any atom is -0.325 e. The number of carbonyl (C=O) groups is 1. The first-order valence-electron chi connectivity index (χ1n) is 6.06. The molecule has 1 aromatic carbocycles. The first kappa shape index (κ1) is 16.6. The van der Waals surface area contributed by atoms with Crippen molar-refractivity contribution in [2.45, 2.75) is 11.2 Å². The number of nitrogens with zero attached hydrogens (tertiary/aromatic N) is 1. The zero-order valence-electron chi connectivity index (χ0n) is 11.0. The van der Waals surface area contributed by atoms with Gasteiger partial charge in [0.2, 0.25) is 5.91 Å². The van der Waals surface area contributed by atoms with Crippen molar-refractivity contribution in [1.82, 2.24) is 4.98 Å². The summed E-state index contributed by atoms with van der Waals surface area (Å²) in [6.45, 7) is 0. The van der Waals surface area contributed by atoms with Gasteiger partial charge in [0, 0.05) is 11.9 Å². The third-order valence-corrected chi connectivity index (χ3v) is 3.69. The monoisotopic (exact) mass is 346 g/mol. The van der Waals surface area contributed by atoms with E-state index in [4.69, 9.17) is 11.6 Å². The Bertz CT molecular complexity index is 662. The Balaban J connectivity index is 1.93. The fraction of sp³-hybridized carbons (Fsp3) is 0.143. The van der Waals surface area contributed by atoms with Gasteiger partial charge in [0.05, 0.1) is 21.4 Å². The van der Waals surface area contributed by atoms with Crippen molar-refractivity contribution in [2.75, 3.05) is 11.1 Å². The molecule has 0 aliphatic rings. The molecular weight excluding hydrogens is 337 g/mol. The van der Waals surface area contributed by atoms with Crippen LogP contribution in [0, 0.1) is 0 Å². The second kappa shape index (κ2) is 7.02. The number of benzene rings is 1. The molecule has 1 aromatic heterocycles. The zero-order chi connectivity index (χ0) is 16.2. The molecular formula is C14H10ClF3N2OS. The standard InChI is InChI=1S/C14H10ClF3N2OS/c15-10-4-5-13(19-7-10)22-8-12(21)20-11-3-1-2-9(6-11)14(16,17)18/h1-7H,8H2,(H,20,21). The van der Waals surface area contributed by atoms with Gasteiger partial charge in [-0.2, -0.15) is 13.2 Å². The molecule has 0 bridgehead atoms. The summed E-state index contributed by atoms with van der Waals surface area (Å²) in [6.07, 6.45) is -2.99. The second-order valence-electron chi connectivity index (χ2n) is 4.23. The maximum Gasteiger partial charge on any atom is 0.416 e. The van der Waals surface area contributed by atoms with Crippen molar-refractivity contribution in [3.05, 3.63) is 53.2 Å². The highest BCUT2D eigenvalue weighted by atomic mass is 35.5. The molecule has 0 saturated heterocycles. The number of halogens is 4. The summed E-state index contributed by atoms with van der Waals surface area (Å²) in [4.78, 5) is 15.8. The van der Waals surface area contributed by atoms with E-state index in [-0.39, 0.29) is 11.4 Å². The van der Waals surface area contributed by atoms with E-state index in [2.05, 4.69) is 10.3 Å². The van der Waals surface area contributed by atoms with Crippen molar-refractivity contribution in [3.63, 3.8) is 0 Å². The quantitative estimate of drug-likeness (QED) is 0.830. The predicted octanol–water partition coefficient (Wildman–Crippen LogP) is 4.48. The number of amides is 1. The van der Waals surface area contributed by atoms with Crippen LogP contribution < -0.4 is 5.32 Å². The predicted molar refractivity (Wildman–Crippen MR) is 80.0 cm³/mol. The molecule has 0 aliphatic carbocycles. The highest BCUT2D eigenvalue weighted by Crippen LogP contribution is 2.30. The van der Waals surface area contributed by atoms with E-state index >= 15 is 0 Å². The highest BCUT2D eigenvalue weighted by Gasteiger charge is 2.30. The Morgan fingerprint density at radius 2 is 2.05 bits per heavy atom. The summed E-state index contributed by atoms with van der Waals surface area (Å²) < 4.78 is 37.7. The molecule has 0 unspecified atom stereocenters. The molecule has 22 heavy (non-hydrogen) atoms. The van der Waals surface area contributed by atoms with Crippen LogP contribution in [0.15, 0.2) is 47.6 Å². The van der Waals surface area contributed by atoms with Gasteiger partial charge in [-0.15, -0.1) is 0 Å². The van der Waals surface area contributed by atoms with Gasteiger partial charge < -0.3 is 5.32 Å². The molecule has 1 amide bonds. The minimum absolute atomic E-state index is 0.0326. The van der Waals surface area contributed by atoms with Gasteiger partial charge in [-0.05, 0) is 30.3 Å². The van der Waals surface area contributed by atoms with Gasteiger partial charge in [-0.25, -0.2) is 4.98 Å². The number of hydrogen-bond donors (Lipinski definition) is 1. The molecule has 1 heterocycles. The normalized spacial score (nSPS) is 11.3. The Kier molecular flexibility index (Phi) is 5.31. The lowest BCUT2D eigenvalue weighted by Crippen LogP contribution is -2.15. The molecule has 0 atom stereocenters. The molecule has 2 aromatic rings. The van der Waals surface area contributed by atoms with Gasteiger partial charge >= 0.3 is 6.18 Å². The summed E-state index contributed by atoms with van der Waals surface area (Å²) in [5.41, 5.74) is -0.707. The molecule has 0 fully saturated rings. The van der Waals surface area contributed by atoms with Crippen LogP contribution in [0.3, 0.4) is 0 Å². The van der Waals surface area contributed by atoms with Crippen molar-refractivity contribution >= 4 is 35.0 Å². The Morgan fingerprint density at radius 1 is 1.27 bits per heavy atom. The summed E-state index contributed by atoms with van der Waals surface area (Å²) in [7, 11) is 0. The van der Waals surface area contributed by atoms with Gasteiger partial charge in [-0.3, -0.25) is 4.79 Å². The Hall–Kier alpha value is -1.73. The van der Waals surface area contributed by atoms with Gasteiger partial charge in [-0.1, -0.05) is 29.4 Å². The van der Waals surface area contributed by atoms with Crippen LogP contribution in [0.4, 0.5) is 18.9 Å². The van der Waals surface area contributed by atoms with Crippen molar-refractivity contribution in [1.29, 1.82) is 0 Å². The number of pyridine rings is 1. The first-order chi connectivity index (χ1) is 10.3. The maximum absolute atomic E-state index is 12.6. The number of alkyl halides is 3. The van der Waals surface area contributed by atoms with E-state index < -0.39 is 17.6 Å². The SMILES string of the molecule is O=C(CSc1ccc(Cl)cn1)Nc1cccc(C(F)(F)F)c1. The molecule has 0 saturated carbocycles. The van der Waals surface area contributed by atoms with Crippen LogP contribution >= 0.6 is 23.4 Å². The lowest BCUT2D eigenvalue weighted by molar-refractivity contribution is -0.137. The van der Waals surface area contributed by atoms with E-state index in [1.807, 2.05) is 0 Å². The van der Waals surface area contributed by atoms with E-state index in [1.165, 1.54) is 18.3 Å². The van der Waals surface area contributed by atoms with E-state index in [0.717, 1.165) is 23.9 Å². The van der Waals surface area contributed by atoms with Crippen LogP contribution in [-0.4, -0.2) is 16.6 Å². The van der Waals surface area contributed by atoms with Crippen molar-refractivity contribution < 1.29 is 18.0 Å². The lowest BCUT2D eigenvalue weighted by atomic mass is 10.2. The fourth-order valence-electron chi connectivity index (χ4n) is 1.56. The number of anilines is 1. The second-order valence-corrected chi connectivity index (χ2v) is 5.66. The number of aromatic nitrogens is 1. The summed E-state index contributed by atoms with van der Waals surface area (Å²) in [5, 5.41) is 3.51. The molecule has 0 spiro atoms. The van der Waals surface area contributed by atoms with Crippen LogP contribution in [0.1, 0.15) is 5.56 Å². The van der Waals surface area contributed by atoms with E-state index in [9.17, 15) is 18.0 Å². The van der Waals surface area contributed by atoms with E-state index in [1.54, 1.807) is 12.1 Å². The van der Waals surface area contributed by atoms with Crippen LogP contribution in [-0.2, 0) is 11.0 Å². The average molecular weight is 347 g/mol. The number of hydrogen-bond acceptors (Lipinski definition) is 3. The average Bonchev–Trinajstić information content (AvgIpc) is 2.46. The third-order valence-electron chi connectivity index (χ3n) is 2.53. The van der Waals surface area contributed by atoms with Crippen LogP contribution in [0.25, 0.3) is 0 Å². The molecule has 8 heteroatoms. The van der Waals surface area contributed by atoms with Gasteiger partial charge in [0.15, 0.2) is 0 Å². The molecule has 0 radical (unpaired) electrons. The van der Waals surface area contributed by atoms with Gasteiger partial charge in [0.25, 0.3) is 0 Å². The molecule has 0 aliphatic heterocycles. The number of nitrogens with one attached hydrogen (secondary N) is 1.